The number of nitrogens with one attached hydrogen (secondary N) is 3. The maximum Gasteiger partial charge on any atom is 0.408 e. The fourth-order valence-corrected chi connectivity index (χ4v) is 8.62. The normalized spacial score (nSPS) is 24.6. The van der Waals surface area contributed by atoms with Gasteiger partial charge in [0.1, 0.15) is 46.4 Å². The molecule has 288 valence electrons. The van der Waals surface area contributed by atoms with Gasteiger partial charge in [0.05, 0.1) is 11.8 Å². The third-order valence-corrected chi connectivity index (χ3v) is 12.7. The molecule has 3 aliphatic carbocycles. The first-order valence-electron chi connectivity index (χ1n) is 18.6. The van der Waals surface area contributed by atoms with Crippen molar-refractivity contribution < 1.29 is 41.6 Å². The second-order valence-corrected chi connectivity index (χ2v) is 17.9. The van der Waals surface area contributed by atoms with E-state index < -0.39 is 74.1 Å². The summed E-state index contributed by atoms with van der Waals surface area (Å²) in [4.78, 5) is 63.0. The van der Waals surface area contributed by atoms with Crippen LogP contribution in [0.4, 0.5) is 4.79 Å². The predicted molar refractivity (Wildman–Crippen MR) is 199 cm³/mol. The van der Waals surface area contributed by atoms with Gasteiger partial charge in [0.15, 0.2) is 0 Å². The van der Waals surface area contributed by atoms with Crippen LogP contribution in [0.3, 0.4) is 0 Å². The molecule has 4 aliphatic rings. The molecule has 1 saturated heterocycles. The summed E-state index contributed by atoms with van der Waals surface area (Å²) < 4.78 is 39.3. The largest absolute Gasteiger partial charge is 0.456 e. The summed E-state index contributed by atoms with van der Waals surface area (Å²) in [5.74, 6) is -2.40. The molecular weight excluding hydrogens is 715 g/mol. The average Bonchev–Trinajstić information content (AvgIpc) is 4.03. The number of benzene rings is 2. The number of rotatable bonds is 12. The third kappa shape index (κ3) is 7.55. The Balaban J connectivity index is 1.19. The zero-order valence-electron chi connectivity index (χ0n) is 30.7. The van der Waals surface area contributed by atoms with Crippen LogP contribution >= 0.6 is 0 Å². The molecule has 0 spiro atoms. The molecule has 4 amide bonds. The first kappa shape index (κ1) is 37.4. The van der Waals surface area contributed by atoms with E-state index in [1.165, 1.54) is 4.90 Å². The van der Waals surface area contributed by atoms with Crippen molar-refractivity contribution in [2.75, 3.05) is 6.54 Å². The van der Waals surface area contributed by atoms with Crippen LogP contribution in [-0.4, -0.2) is 78.8 Å². The lowest BCUT2D eigenvalue weighted by Gasteiger charge is -2.36. The van der Waals surface area contributed by atoms with Crippen molar-refractivity contribution in [1.82, 2.24) is 20.3 Å². The number of hydrogen-bond donors (Lipinski definition) is 3. The highest BCUT2D eigenvalue weighted by Crippen LogP contribution is 2.47. The van der Waals surface area contributed by atoms with E-state index in [0.29, 0.717) is 46.6 Å². The van der Waals surface area contributed by atoms with E-state index in [1.807, 2.05) is 48.5 Å². The first-order valence-corrected chi connectivity index (χ1v) is 20.1. The number of carbonyl (C=O) groups is 4. The van der Waals surface area contributed by atoms with E-state index in [9.17, 15) is 27.6 Å². The molecule has 54 heavy (non-hydrogen) atoms. The summed E-state index contributed by atoms with van der Waals surface area (Å²) in [6, 6.07) is 12.6. The van der Waals surface area contributed by atoms with Gasteiger partial charge in [-0.2, -0.15) is 0 Å². The number of fused-ring (bicyclic) bond motifs is 2. The van der Waals surface area contributed by atoms with Crippen molar-refractivity contribution in [2.24, 2.45) is 16.5 Å². The molecule has 3 N–H and O–H groups in total. The fraction of sp³-hybridized carbons (Fsp3) is 0.513. The molecule has 14 nitrogen and oxygen atoms in total. The second-order valence-electron chi connectivity index (χ2n) is 16.0. The molecule has 0 radical (unpaired) electrons. The minimum atomic E-state index is -3.90. The van der Waals surface area contributed by atoms with E-state index in [1.54, 1.807) is 26.8 Å². The summed E-state index contributed by atoms with van der Waals surface area (Å²) in [7, 11) is -3.90. The summed E-state index contributed by atoms with van der Waals surface area (Å²) in [5.41, 5.74) is -1.12. The lowest BCUT2D eigenvalue weighted by molar-refractivity contribution is -0.143. The van der Waals surface area contributed by atoms with Crippen LogP contribution < -0.4 is 20.7 Å². The number of sulfonamides is 1. The monoisotopic (exact) mass is 761 g/mol. The number of nitrogens with zero attached hydrogens (tertiary/aromatic N) is 2. The van der Waals surface area contributed by atoms with Gasteiger partial charge in [-0.25, -0.2) is 13.2 Å². The van der Waals surface area contributed by atoms with Gasteiger partial charge in [0, 0.05) is 17.2 Å². The maximum atomic E-state index is 14.5. The smallest absolute Gasteiger partial charge is 0.408 e. The number of allylic oxidation sites excluding steroid dienone is 1. The molecule has 2 heterocycles. The summed E-state index contributed by atoms with van der Waals surface area (Å²) in [6.07, 6.45) is 3.86. The first-order chi connectivity index (χ1) is 25.7. The maximum absolute atomic E-state index is 14.5. The third-order valence-electron chi connectivity index (χ3n) is 10.9. The Morgan fingerprint density at radius 3 is 2.24 bits per heavy atom. The molecule has 1 aromatic heterocycles. The lowest BCUT2D eigenvalue weighted by Crippen LogP contribution is -2.60. The Labute approximate surface area is 313 Å². The van der Waals surface area contributed by atoms with Crippen LogP contribution in [0.15, 0.2) is 70.8 Å². The van der Waals surface area contributed by atoms with Crippen LogP contribution in [0.2, 0.25) is 0 Å². The van der Waals surface area contributed by atoms with E-state index in [-0.39, 0.29) is 25.5 Å². The highest BCUT2D eigenvalue weighted by atomic mass is 32.2. The van der Waals surface area contributed by atoms with Gasteiger partial charge in [0.2, 0.25) is 21.8 Å². The van der Waals surface area contributed by atoms with Crippen molar-refractivity contribution in [3.8, 4) is 0 Å². The Kier molecular flexibility index (Phi) is 9.96. The van der Waals surface area contributed by atoms with Gasteiger partial charge < -0.3 is 29.5 Å². The molecule has 1 aliphatic heterocycles. The molecule has 3 aromatic rings. The molecule has 15 heteroatoms. The Bertz CT molecular complexity index is 2110. The minimum absolute atomic E-state index is 0.00171. The number of likely N-dealkylation sites (tertiary alicyclic amines) is 1. The number of amides is 4. The quantitative estimate of drug-likeness (QED) is 0.139. The number of alkyl carbamates (subject to hydrolysis) is 1. The van der Waals surface area contributed by atoms with Gasteiger partial charge in [-0.15, -0.1) is 6.58 Å². The highest BCUT2D eigenvalue weighted by Gasteiger charge is 2.62. The van der Waals surface area contributed by atoms with Crippen LogP contribution in [-0.2, 0) is 34.0 Å². The average molecular weight is 762 g/mol. The Hall–Kier alpha value is -4.92. The zero-order valence-corrected chi connectivity index (χ0v) is 31.5. The minimum Gasteiger partial charge on any atom is -0.456 e. The van der Waals surface area contributed by atoms with Gasteiger partial charge in [-0.05, 0) is 80.5 Å². The number of hydrogen-bond acceptors (Lipinski definition) is 10. The van der Waals surface area contributed by atoms with E-state index in [4.69, 9.17) is 14.0 Å². The standard InChI is InChI=1S/C39H47N5O9S/c1-5-11-23-21-39(23,36(47)43-54(49,50)26-18-19-26)41-34(45)29-20-25(22-44(29)35(46)33(38(2,3)4)40-37(48)51-24-12-10-13-24)53-42-32-27-14-6-8-16-30(27)52-31-17-9-7-15-28(31)32/h5-9,14-17,23-26,29,33H,1,10-13,18-22H2,2-4H3,(H,40,48)(H,41,45)(H,43,47)/t23-,25-,29+,33-,39-/m1/s1. The molecule has 5 atom stereocenters. The van der Waals surface area contributed by atoms with Gasteiger partial charge in [-0.3, -0.25) is 19.1 Å². The molecule has 0 unspecified atom stereocenters. The molecule has 2 aromatic carbocycles. The topological polar surface area (TPSA) is 186 Å². The van der Waals surface area contributed by atoms with Crippen molar-refractivity contribution in [3.63, 3.8) is 0 Å². The predicted octanol–water partition coefficient (Wildman–Crippen LogP) is 4.14. The van der Waals surface area contributed by atoms with Crippen molar-refractivity contribution in [3.05, 3.63) is 66.5 Å². The van der Waals surface area contributed by atoms with E-state index >= 15 is 0 Å². The highest BCUT2D eigenvalue weighted by molar-refractivity contribution is 7.91. The molecule has 0 bridgehead atoms. The summed E-state index contributed by atoms with van der Waals surface area (Å²) >= 11 is 0. The molecular formula is C39H47N5O9S. The van der Waals surface area contributed by atoms with Crippen molar-refractivity contribution >= 4 is 55.8 Å². The molecule has 4 fully saturated rings. The van der Waals surface area contributed by atoms with Crippen molar-refractivity contribution in [1.29, 1.82) is 0 Å². The van der Waals surface area contributed by atoms with E-state index in [0.717, 1.165) is 19.3 Å². The SMILES string of the molecule is C=CC[C@@H]1C[C@]1(NC(=O)[C@@H]1C[C@@H](ON=c2c3ccccc3oc3ccccc23)CN1C(=O)[C@@H](NC(=O)OC1CCC1)C(C)(C)C)C(=O)NS(=O)(=O)C1CC1. The van der Waals surface area contributed by atoms with Crippen LogP contribution in [0.1, 0.15) is 72.1 Å². The Morgan fingerprint density at radius 1 is 1.02 bits per heavy atom. The van der Waals surface area contributed by atoms with Gasteiger partial charge in [0.25, 0.3) is 5.91 Å². The van der Waals surface area contributed by atoms with Gasteiger partial charge in [-0.1, -0.05) is 56.3 Å². The Morgan fingerprint density at radius 2 is 1.67 bits per heavy atom. The second kappa shape index (κ2) is 14.4. The van der Waals surface area contributed by atoms with Crippen LogP contribution in [0, 0.1) is 11.3 Å². The number of para-hydroxylation sites is 2. The van der Waals surface area contributed by atoms with Crippen LogP contribution in [0.25, 0.3) is 21.9 Å². The van der Waals surface area contributed by atoms with Gasteiger partial charge >= 0.3 is 6.09 Å². The number of ether oxygens (including phenoxy) is 1. The fourth-order valence-electron chi connectivity index (χ4n) is 7.25. The molecule has 7 rings (SSSR count). The molecule has 3 saturated carbocycles. The van der Waals surface area contributed by atoms with Crippen LogP contribution in [0.5, 0.6) is 0 Å². The summed E-state index contributed by atoms with van der Waals surface area (Å²) in [5, 5.41) is 11.5. The van der Waals surface area contributed by atoms with Crippen molar-refractivity contribution in [2.45, 2.75) is 107 Å². The number of carbonyl (C=O) groups excluding carboxylic acids is 4. The lowest BCUT2D eigenvalue weighted by atomic mass is 9.85. The zero-order chi connectivity index (χ0) is 38.4. The summed E-state index contributed by atoms with van der Waals surface area (Å²) in [6.45, 7) is 9.10. The van der Waals surface area contributed by atoms with E-state index in [2.05, 4.69) is 27.1 Å².